The molecule has 3 aromatic carbocycles. The van der Waals surface area contributed by atoms with Crippen LogP contribution in [0.5, 0.6) is 11.5 Å². The van der Waals surface area contributed by atoms with Crippen molar-refractivity contribution in [3.63, 3.8) is 0 Å². The Hall–Kier alpha value is -3.91. The Morgan fingerprint density at radius 3 is 2.14 bits per heavy atom. The van der Waals surface area contributed by atoms with E-state index >= 15 is 0 Å². The molecule has 1 aliphatic heterocycles. The van der Waals surface area contributed by atoms with Crippen molar-refractivity contribution in [2.75, 3.05) is 18.1 Å². The summed E-state index contributed by atoms with van der Waals surface area (Å²) in [6.45, 7) is 4.76. The minimum Gasteiger partial charge on any atom is -0.490 e. The normalized spacial score (nSPS) is 14.8. The molecule has 1 N–H and O–H groups in total. The Balaban J connectivity index is 1.41. The van der Waals surface area contributed by atoms with Gasteiger partial charge in [-0.15, -0.1) is 0 Å². The highest BCUT2D eigenvalue weighted by Gasteiger charge is 2.36. The molecule has 1 heterocycles. The Morgan fingerprint density at radius 2 is 1.49 bits per heavy atom. The highest BCUT2D eigenvalue weighted by molar-refractivity contribution is 9.10. The summed E-state index contributed by atoms with van der Waals surface area (Å²) < 4.78 is 12.4. The van der Waals surface area contributed by atoms with E-state index in [0.29, 0.717) is 30.2 Å². The largest absolute Gasteiger partial charge is 0.490 e. The molecule has 8 heteroatoms. The van der Waals surface area contributed by atoms with Crippen LogP contribution in [0.2, 0.25) is 0 Å². The number of ether oxygens (including phenoxy) is 2. The summed E-state index contributed by atoms with van der Waals surface area (Å²) in [5, 5.41) is 2.22. The second-order valence-corrected chi connectivity index (χ2v) is 8.84. The first kappa shape index (κ1) is 24.2. The maximum Gasteiger partial charge on any atom is 0.335 e. The van der Waals surface area contributed by atoms with Gasteiger partial charge in [-0.1, -0.05) is 46.3 Å². The standard InChI is InChI=1S/C27H23BrN2O5/c1-17-4-3-5-18(2)24(17)35-15-14-34-22-12-6-19(7-13-22)16-23-25(31)29-27(33)30(26(23)32)21-10-8-20(28)9-11-21/h3-13,16H,14-15H2,1-2H3,(H,29,31,33)/b23-16-. The van der Waals surface area contributed by atoms with Crippen molar-refractivity contribution in [1.82, 2.24) is 5.32 Å². The van der Waals surface area contributed by atoms with Crippen molar-refractivity contribution in [3.05, 3.63) is 93.5 Å². The minimum absolute atomic E-state index is 0.136. The Bertz CT molecular complexity index is 1280. The zero-order valence-electron chi connectivity index (χ0n) is 19.2. The van der Waals surface area contributed by atoms with E-state index in [0.717, 1.165) is 26.2 Å². The predicted octanol–water partition coefficient (Wildman–Crippen LogP) is 5.19. The van der Waals surface area contributed by atoms with E-state index in [-0.39, 0.29) is 5.57 Å². The number of nitrogens with zero attached hydrogens (tertiary/aromatic N) is 1. The van der Waals surface area contributed by atoms with Crippen LogP contribution < -0.4 is 19.7 Å². The number of aryl methyl sites for hydroxylation is 2. The fourth-order valence-corrected chi connectivity index (χ4v) is 3.90. The lowest BCUT2D eigenvalue weighted by molar-refractivity contribution is -0.122. The number of amides is 4. The van der Waals surface area contributed by atoms with Gasteiger partial charge < -0.3 is 9.47 Å². The summed E-state index contributed by atoms with van der Waals surface area (Å²) in [5.41, 5.74) is 2.99. The molecule has 4 amide bonds. The number of anilines is 1. The number of carbonyl (C=O) groups is 3. The Morgan fingerprint density at radius 1 is 0.857 bits per heavy atom. The number of rotatable bonds is 7. The van der Waals surface area contributed by atoms with Gasteiger partial charge in [-0.2, -0.15) is 0 Å². The maximum absolute atomic E-state index is 13.0. The number of hydrogen-bond donors (Lipinski definition) is 1. The number of barbiturate groups is 1. The SMILES string of the molecule is Cc1cccc(C)c1OCCOc1ccc(/C=C2/C(=O)NC(=O)N(c3ccc(Br)cc3)C2=O)cc1. The van der Waals surface area contributed by atoms with Crippen LogP contribution in [0.25, 0.3) is 6.08 Å². The van der Waals surface area contributed by atoms with Crippen LogP contribution in [0.4, 0.5) is 10.5 Å². The van der Waals surface area contributed by atoms with Gasteiger partial charge in [0.1, 0.15) is 30.3 Å². The quantitative estimate of drug-likeness (QED) is 0.256. The molecule has 178 valence electrons. The van der Waals surface area contributed by atoms with E-state index in [1.807, 2.05) is 32.0 Å². The lowest BCUT2D eigenvalue weighted by Crippen LogP contribution is -2.54. The molecule has 0 aliphatic carbocycles. The van der Waals surface area contributed by atoms with Crippen LogP contribution >= 0.6 is 15.9 Å². The van der Waals surface area contributed by atoms with Gasteiger partial charge in [-0.3, -0.25) is 14.9 Å². The fraction of sp³-hybridized carbons (Fsp3) is 0.148. The predicted molar refractivity (Wildman–Crippen MR) is 136 cm³/mol. The molecule has 1 aliphatic rings. The summed E-state index contributed by atoms with van der Waals surface area (Å²) in [6, 6.07) is 18.8. The topological polar surface area (TPSA) is 84.9 Å². The van der Waals surface area contributed by atoms with E-state index < -0.39 is 17.8 Å². The number of para-hydroxylation sites is 1. The number of benzene rings is 3. The van der Waals surface area contributed by atoms with Crippen LogP contribution in [0.1, 0.15) is 16.7 Å². The maximum atomic E-state index is 13.0. The minimum atomic E-state index is -0.786. The van der Waals surface area contributed by atoms with Gasteiger partial charge in [0.2, 0.25) is 0 Å². The van der Waals surface area contributed by atoms with Crippen LogP contribution in [-0.2, 0) is 9.59 Å². The molecule has 4 rings (SSSR count). The van der Waals surface area contributed by atoms with Gasteiger partial charge in [-0.25, -0.2) is 9.69 Å². The molecule has 0 spiro atoms. The molecule has 0 bridgehead atoms. The first-order chi connectivity index (χ1) is 16.8. The van der Waals surface area contributed by atoms with Gasteiger partial charge >= 0.3 is 6.03 Å². The van der Waals surface area contributed by atoms with Crippen molar-refractivity contribution in [2.24, 2.45) is 0 Å². The van der Waals surface area contributed by atoms with Gasteiger partial charge in [-0.05, 0) is 73.0 Å². The summed E-state index contributed by atoms with van der Waals surface area (Å²) in [4.78, 5) is 38.6. The van der Waals surface area contributed by atoms with E-state index in [4.69, 9.17) is 9.47 Å². The molecule has 3 aromatic rings. The number of carbonyl (C=O) groups excluding carboxylic acids is 3. The molecule has 0 radical (unpaired) electrons. The Labute approximate surface area is 211 Å². The number of hydrogen-bond acceptors (Lipinski definition) is 5. The zero-order valence-corrected chi connectivity index (χ0v) is 20.8. The first-order valence-corrected chi connectivity index (χ1v) is 11.7. The zero-order chi connectivity index (χ0) is 24.9. The average molecular weight is 535 g/mol. The molecule has 1 saturated heterocycles. The lowest BCUT2D eigenvalue weighted by atomic mass is 10.1. The number of halogens is 1. The molecule has 0 atom stereocenters. The van der Waals surface area contributed by atoms with Crippen molar-refractivity contribution >= 4 is 45.5 Å². The van der Waals surface area contributed by atoms with Gasteiger partial charge in [0.05, 0.1) is 5.69 Å². The van der Waals surface area contributed by atoms with Crippen LogP contribution in [0.3, 0.4) is 0 Å². The van der Waals surface area contributed by atoms with Gasteiger partial charge in [0.15, 0.2) is 0 Å². The van der Waals surface area contributed by atoms with Crippen molar-refractivity contribution in [3.8, 4) is 11.5 Å². The summed E-state index contributed by atoms with van der Waals surface area (Å²) >= 11 is 3.32. The van der Waals surface area contributed by atoms with Crippen LogP contribution in [0, 0.1) is 13.8 Å². The highest BCUT2D eigenvalue weighted by atomic mass is 79.9. The Kier molecular flexibility index (Phi) is 7.31. The third-order valence-corrected chi connectivity index (χ3v) is 5.91. The van der Waals surface area contributed by atoms with E-state index in [1.165, 1.54) is 6.08 Å². The van der Waals surface area contributed by atoms with E-state index in [2.05, 4.69) is 21.2 Å². The van der Waals surface area contributed by atoms with Crippen molar-refractivity contribution in [1.29, 1.82) is 0 Å². The highest BCUT2D eigenvalue weighted by Crippen LogP contribution is 2.25. The average Bonchev–Trinajstić information content (AvgIpc) is 2.83. The third kappa shape index (κ3) is 5.60. The van der Waals surface area contributed by atoms with Crippen molar-refractivity contribution in [2.45, 2.75) is 13.8 Å². The molecule has 0 saturated carbocycles. The second-order valence-electron chi connectivity index (χ2n) is 7.92. The molecular formula is C27H23BrN2O5. The second kappa shape index (κ2) is 10.6. The third-order valence-electron chi connectivity index (χ3n) is 5.38. The van der Waals surface area contributed by atoms with Crippen molar-refractivity contribution < 1.29 is 23.9 Å². The molecule has 0 aromatic heterocycles. The fourth-order valence-electron chi connectivity index (χ4n) is 3.64. The molecule has 1 fully saturated rings. The van der Waals surface area contributed by atoms with Gasteiger partial charge in [0.25, 0.3) is 11.8 Å². The summed E-state index contributed by atoms with van der Waals surface area (Å²) in [6.07, 6.45) is 1.45. The summed E-state index contributed by atoms with van der Waals surface area (Å²) in [7, 11) is 0. The molecule has 35 heavy (non-hydrogen) atoms. The molecular weight excluding hydrogens is 512 g/mol. The molecule has 7 nitrogen and oxygen atoms in total. The van der Waals surface area contributed by atoms with E-state index in [9.17, 15) is 14.4 Å². The summed E-state index contributed by atoms with van der Waals surface area (Å²) in [5.74, 6) is 0.0647. The first-order valence-electron chi connectivity index (χ1n) is 10.9. The van der Waals surface area contributed by atoms with Crippen LogP contribution in [0.15, 0.2) is 76.8 Å². The number of imide groups is 2. The smallest absolute Gasteiger partial charge is 0.335 e. The number of nitrogens with one attached hydrogen (secondary N) is 1. The lowest BCUT2D eigenvalue weighted by Gasteiger charge is -2.26. The molecule has 0 unspecified atom stereocenters. The monoisotopic (exact) mass is 534 g/mol. The van der Waals surface area contributed by atoms with Crippen LogP contribution in [-0.4, -0.2) is 31.1 Å². The van der Waals surface area contributed by atoms with E-state index in [1.54, 1.807) is 48.5 Å². The number of urea groups is 1. The van der Waals surface area contributed by atoms with Gasteiger partial charge in [0, 0.05) is 4.47 Å².